The normalized spacial score (nSPS) is 9.91. The Bertz CT molecular complexity index is 103. The summed E-state index contributed by atoms with van der Waals surface area (Å²) < 4.78 is 9.23. The number of carbonyl (C=O) groups excluding carboxylic acids is 1. The fraction of sp³-hybridized carbons (Fsp3) is 0.800. The number of hydrogen-bond donors (Lipinski definition) is 1. The van der Waals surface area contributed by atoms with Gasteiger partial charge in [-0.3, -0.25) is 5.26 Å². The Labute approximate surface area is 63.2 Å². The molecule has 0 atom stereocenters. The van der Waals surface area contributed by atoms with E-state index in [1.54, 1.807) is 0 Å². The van der Waals surface area contributed by atoms with E-state index in [1.165, 1.54) is 0 Å². The predicted octanol–water partition coefficient (Wildman–Crippen LogP) is -1.28. The number of carbonyl (C=O) groups is 1. The summed E-state index contributed by atoms with van der Waals surface area (Å²) in [5.74, 6) is -0.799. The Morgan fingerprint density at radius 1 is 1.36 bits per heavy atom. The highest BCUT2D eigenvalue weighted by Gasteiger charge is 2.03. The van der Waals surface area contributed by atoms with Gasteiger partial charge in [0.15, 0.2) is 0 Å². The van der Waals surface area contributed by atoms with E-state index in [9.17, 15) is 4.79 Å². The van der Waals surface area contributed by atoms with E-state index in [-0.39, 0.29) is 26.6 Å². The summed E-state index contributed by atoms with van der Waals surface area (Å²) in [5, 5.41) is 14.2. The van der Waals surface area contributed by atoms with Gasteiger partial charge in [0.05, 0.1) is 6.61 Å². The maximum Gasteiger partial charge on any atom is 0.542 e. The van der Waals surface area contributed by atoms with E-state index < -0.39 is 5.97 Å². The van der Waals surface area contributed by atoms with Crippen LogP contribution >= 0.6 is 0 Å². The van der Waals surface area contributed by atoms with Crippen LogP contribution in [0.2, 0.25) is 0 Å². The molecule has 0 rings (SSSR count). The first-order valence-electron chi connectivity index (χ1n) is 2.93. The van der Waals surface area contributed by atoms with Crippen LogP contribution in [0.3, 0.4) is 0 Å². The Morgan fingerprint density at radius 2 is 2.09 bits per heavy atom. The summed E-state index contributed by atoms with van der Waals surface area (Å²) in [4.78, 5) is 13.6. The monoisotopic (exact) mass is 167 g/mol. The quantitative estimate of drug-likeness (QED) is 0.168. The molecule has 3 N–H and O–H groups in total. The lowest BCUT2D eigenvalue weighted by molar-refractivity contribution is -0.252. The molecule has 0 aliphatic carbocycles. The lowest BCUT2D eigenvalue weighted by Gasteiger charge is -1.99. The fourth-order valence-corrected chi connectivity index (χ4v) is 0.348. The van der Waals surface area contributed by atoms with E-state index in [0.29, 0.717) is 0 Å². The average Bonchev–Trinajstić information content (AvgIpc) is 1.96. The maximum atomic E-state index is 9.95. The van der Waals surface area contributed by atoms with Gasteiger partial charge in [-0.2, -0.15) is 0 Å². The third kappa shape index (κ3) is 9.31. The molecule has 0 aromatic rings. The second kappa shape index (κ2) is 7.42. The van der Waals surface area contributed by atoms with Crippen molar-refractivity contribution in [2.24, 2.45) is 0 Å². The van der Waals surface area contributed by atoms with Crippen LogP contribution in [-0.2, 0) is 19.2 Å². The van der Waals surface area contributed by atoms with E-state index in [0.717, 1.165) is 0 Å². The Morgan fingerprint density at radius 3 is 2.64 bits per heavy atom. The van der Waals surface area contributed by atoms with Crippen LogP contribution in [0.1, 0.15) is 0 Å². The Kier molecular flexibility index (Phi) is 6.95. The van der Waals surface area contributed by atoms with Crippen molar-refractivity contribution in [3.8, 4) is 0 Å². The van der Waals surface area contributed by atoms with Gasteiger partial charge < -0.3 is 14.6 Å². The smallest absolute Gasteiger partial charge is 0.542 e. The van der Waals surface area contributed by atoms with E-state index in [4.69, 9.17) is 10.4 Å². The summed E-state index contributed by atoms with van der Waals surface area (Å²) in [7, 11) is 0. The molecule has 0 saturated carbocycles. The minimum Gasteiger partial charge on any atom is -0.563 e. The molecule has 0 fully saturated rings. The van der Waals surface area contributed by atoms with Gasteiger partial charge in [-0.25, -0.2) is 4.89 Å². The Balaban J connectivity index is 2.85. The molecule has 66 valence electrons. The van der Waals surface area contributed by atoms with Gasteiger partial charge in [0.1, 0.15) is 13.4 Å². The van der Waals surface area contributed by atoms with Crippen LogP contribution in [-0.4, -0.2) is 42.9 Å². The van der Waals surface area contributed by atoms with Crippen molar-refractivity contribution in [3.63, 3.8) is 0 Å². The van der Waals surface area contributed by atoms with Crippen molar-refractivity contribution in [3.05, 3.63) is 0 Å². The highest BCUT2D eigenvalue weighted by Crippen LogP contribution is 1.78. The molecule has 0 aromatic heterocycles. The van der Waals surface area contributed by atoms with E-state index >= 15 is 0 Å². The van der Waals surface area contributed by atoms with E-state index in [2.05, 4.69) is 14.4 Å². The molecule has 0 unspecified atom stereocenters. The minimum absolute atomic E-state index is 0.0538. The summed E-state index contributed by atoms with van der Waals surface area (Å²) in [6.45, 7) is -0.116. The van der Waals surface area contributed by atoms with Gasteiger partial charge in [0.2, 0.25) is 6.61 Å². The van der Waals surface area contributed by atoms with Crippen molar-refractivity contribution in [1.82, 2.24) is 0 Å². The van der Waals surface area contributed by atoms with Crippen LogP contribution in [0.4, 0.5) is 0 Å². The van der Waals surface area contributed by atoms with Gasteiger partial charge >= 0.3 is 5.97 Å². The van der Waals surface area contributed by atoms with Crippen LogP contribution in [0.25, 0.3) is 0 Å². The first-order chi connectivity index (χ1) is 5.27. The maximum absolute atomic E-state index is 9.95. The summed E-state index contributed by atoms with van der Waals surface area (Å²) in [6, 6.07) is 0. The summed E-state index contributed by atoms with van der Waals surface area (Å²) in [6.07, 6.45) is 0. The molecule has 0 heterocycles. The van der Waals surface area contributed by atoms with Gasteiger partial charge in [0, 0.05) is 4.79 Å². The topological polar surface area (TPSA) is 87.9 Å². The lowest BCUT2D eigenvalue weighted by Crippen LogP contribution is -2.11. The first kappa shape index (κ1) is 10.3. The second-order valence-corrected chi connectivity index (χ2v) is 1.63. The zero-order valence-electron chi connectivity index (χ0n) is 5.91. The second-order valence-electron chi connectivity index (χ2n) is 1.63. The lowest BCUT2D eigenvalue weighted by atomic mass is 10.7. The van der Waals surface area contributed by atoms with Crippen LogP contribution in [0, 0.1) is 0 Å². The number of hydrogen-bond acceptors (Lipinski definition) is 5. The zero-order valence-corrected chi connectivity index (χ0v) is 5.91. The molecule has 0 aromatic carbocycles. The van der Waals surface area contributed by atoms with Gasteiger partial charge in [-0.05, 0) is 0 Å². The van der Waals surface area contributed by atoms with Crippen LogP contribution < -0.4 is 0 Å². The van der Waals surface area contributed by atoms with Crippen molar-refractivity contribution in [1.29, 1.82) is 0 Å². The first-order valence-corrected chi connectivity index (χ1v) is 2.93. The third-order valence-electron chi connectivity index (χ3n) is 0.719. The summed E-state index contributed by atoms with van der Waals surface area (Å²) >= 11 is 0. The molecule has 0 radical (unpaired) electrons. The highest BCUT2D eigenvalue weighted by molar-refractivity contribution is 5.67. The molecule has 6 heteroatoms. The molecule has 6 nitrogen and oxygen atoms in total. The molecule has 0 spiro atoms. The minimum atomic E-state index is -0.799. The molecular weight excluding hydrogens is 156 g/mol. The Hall–Kier alpha value is -0.690. The average molecular weight is 167 g/mol. The molecule has 0 saturated heterocycles. The molecular formula is C5H11O6+. The van der Waals surface area contributed by atoms with Crippen molar-refractivity contribution in [2.45, 2.75) is 0 Å². The fourth-order valence-electron chi connectivity index (χ4n) is 0.348. The summed E-state index contributed by atoms with van der Waals surface area (Å²) in [5.41, 5.74) is 0. The molecule has 0 aliphatic rings. The third-order valence-corrected chi connectivity index (χ3v) is 0.719. The van der Waals surface area contributed by atoms with Crippen molar-refractivity contribution < 1.29 is 29.5 Å². The van der Waals surface area contributed by atoms with Crippen LogP contribution in [0.15, 0.2) is 0 Å². The molecule has 0 aliphatic heterocycles. The largest absolute Gasteiger partial charge is 0.563 e. The molecule has 0 amide bonds. The molecule has 11 heavy (non-hydrogen) atoms. The van der Waals surface area contributed by atoms with Crippen molar-refractivity contribution >= 4 is 5.97 Å². The number of ether oxygens (including phenoxy) is 2. The van der Waals surface area contributed by atoms with Gasteiger partial charge in [0.25, 0.3) is 0 Å². The van der Waals surface area contributed by atoms with Gasteiger partial charge in [-0.1, -0.05) is 0 Å². The van der Waals surface area contributed by atoms with Crippen molar-refractivity contribution in [2.75, 3.05) is 26.6 Å². The van der Waals surface area contributed by atoms with E-state index in [1.807, 2.05) is 0 Å². The predicted molar refractivity (Wildman–Crippen MR) is 34.0 cm³/mol. The SMILES string of the molecule is O=C([OH2+])COCOCCOO. The molecule has 0 bridgehead atoms. The standard InChI is InChI=1S/C5H10O6/c6-5(7)3-10-4-9-1-2-11-8/h8H,1-4H2,(H,6,7)/p+1. The van der Waals surface area contributed by atoms with Crippen LogP contribution in [0.5, 0.6) is 0 Å². The zero-order chi connectivity index (χ0) is 8.53. The highest BCUT2D eigenvalue weighted by atomic mass is 17.1. The number of rotatable bonds is 7. The van der Waals surface area contributed by atoms with Gasteiger partial charge in [-0.15, -0.1) is 0 Å².